The molecule has 0 radical (unpaired) electrons. The molecule has 0 aliphatic carbocycles. The monoisotopic (exact) mass is 563 g/mol. The first-order chi connectivity index (χ1) is 18.3. The van der Waals surface area contributed by atoms with E-state index in [-0.39, 0.29) is 18.7 Å². The number of phosphoric acid groups is 1. The highest BCUT2D eigenvalue weighted by atomic mass is 31.2. The molecule has 0 aliphatic heterocycles. The molecule has 0 saturated carbocycles. The molecule has 12 nitrogen and oxygen atoms in total. The summed E-state index contributed by atoms with van der Waals surface area (Å²) in [6.07, 6.45) is 1.16. The van der Waals surface area contributed by atoms with Gasteiger partial charge in [0, 0.05) is 13.5 Å². The third-order valence-corrected chi connectivity index (χ3v) is 6.53. The molecule has 3 amide bonds. The van der Waals surface area contributed by atoms with Gasteiger partial charge in [-0.15, -0.1) is 0 Å². The predicted octanol–water partition coefficient (Wildman–Crippen LogP) is 1.86. The molecule has 0 aromatic heterocycles. The van der Waals surface area contributed by atoms with E-state index >= 15 is 0 Å². The second-order valence-corrected chi connectivity index (χ2v) is 10.1. The Morgan fingerprint density at radius 3 is 2.15 bits per heavy atom. The van der Waals surface area contributed by atoms with Gasteiger partial charge in [0.1, 0.15) is 5.75 Å². The molecule has 0 bridgehead atoms. The average Bonchev–Trinajstić information content (AvgIpc) is 2.87. The second-order valence-electron chi connectivity index (χ2n) is 8.98. The van der Waals surface area contributed by atoms with Gasteiger partial charge in [-0.3, -0.25) is 24.2 Å². The van der Waals surface area contributed by atoms with Crippen LogP contribution in [0, 0.1) is 0 Å². The summed E-state index contributed by atoms with van der Waals surface area (Å²) >= 11 is 0. The molecule has 212 valence electrons. The number of carboxylic acid groups (broad SMARTS) is 1. The van der Waals surface area contributed by atoms with E-state index in [1.807, 2.05) is 30.3 Å². The van der Waals surface area contributed by atoms with E-state index in [1.165, 1.54) is 31.2 Å². The zero-order valence-electron chi connectivity index (χ0n) is 21.9. The van der Waals surface area contributed by atoms with Crippen LogP contribution < -0.4 is 20.5 Å². The van der Waals surface area contributed by atoms with Gasteiger partial charge in [0.15, 0.2) is 0 Å². The van der Waals surface area contributed by atoms with Gasteiger partial charge < -0.3 is 25.6 Å². The van der Waals surface area contributed by atoms with Gasteiger partial charge in [-0.25, -0.2) is 9.36 Å². The van der Waals surface area contributed by atoms with E-state index in [0.717, 1.165) is 12.5 Å². The van der Waals surface area contributed by atoms with Gasteiger partial charge in [-0.2, -0.15) is 0 Å². The van der Waals surface area contributed by atoms with E-state index in [2.05, 4.69) is 20.5 Å². The fourth-order valence-electron chi connectivity index (χ4n) is 4.08. The van der Waals surface area contributed by atoms with Crippen LogP contribution in [0.3, 0.4) is 0 Å². The highest BCUT2D eigenvalue weighted by Gasteiger charge is 2.53. The molecule has 0 spiro atoms. The van der Waals surface area contributed by atoms with Crippen molar-refractivity contribution >= 4 is 31.5 Å². The van der Waals surface area contributed by atoms with Crippen molar-refractivity contribution in [3.05, 3.63) is 65.7 Å². The highest BCUT2D eigenvalue weighted by Crippen LogP contribution is 2.37. The number of carbonyl (C=O) groups is 4. The van der Waals surface area contributed by atoms with Crippen LogP contribution in [0.4, 0.5) is 0 Å². The molecule has 0 aliphatic rings. The SMILES string of the molecule is CCC(NC(=O)C(C)c1ccc(OP(=O)(O)O)cc1)C(NC(C)=O)(C(=O)O)C(=O)NCCCc1ccccc1. The Morgan fingerprint density at radius 2 is 1.64 bits per heavy atom. The number of phosphoric ester groups is 1. The number of rotatable bonds is 14. The number of aliphatic carboxylic acids is 1. The summed E-state index contributed by atoms with van der Waals surface area (Å²) in [5.74, 6) is -4.93. The van der Waals surface area contributed by atoms with Crippen molar-refractivity contribution in [3.63, 3.8) is 0 Å². The first kappa shape index (κ1) is 31.5. The minimum Gasteiger partial charge on any atom is -0.479 e. The lowest BCUT2D eigenvalue weighted by atomic mass is 9.85. The molecular formula is C26H34N3O9P. The fraction of sp³-hybridized carbons (Fsp3) is 0.385. The van der Waals surface area contributed by atoms with Crippen molar-refractivity contribution in [2.24, 2.45) is 0 Å². The van der Waals surface area contributed by atoms with Gasteiger partial charge in [0.25, 0.3) is 5.91 Å². The van der Waals surface area contributed by atoms with Crippen LogP contribution in [-0.4, -0.2) is 56.7 Å². The summed E-state index contributed by atoms with van der Waals surface area (Å²) in [7, 11) is -4.75. The molecule has 2 aromatic rings. The maximum Gasteiger partial charge on any atom is 0.524 e. The van der Waals surface area contributed by atoms with Gasteiger partial charge in [-0.1, -0.05) is 49.4 Å². The standard InChI is InChI=1S/C26H34N3O9P/c1-4-22(28-23(31)17(2)20-12-14-21(15-13-20)38-39(35,36)37)26(25(33)34,29-18(3)30)24(32)27-16-8-11-19-9-6-5-7-10-19/h5-7,9-10,12-15,17,22H,4,8,11,16H2,1-3H3,(H,27,32)(H,28,31)(H,29,30)(H,33,34)(H2,35,36,37). The number of carboxylic acids is 1. The summed E-state index contributed by atoms with van der Waals surface area (Å²) in [5, 5.41) is 17.6. The maximum absolute atomic E-state index is 13.3. The molecule has 2 rings (SSSR count). The number of hydrogen-bond donors (Lipinski definition) is 6. The van der Waals surface area contributed by atoms with Crippen LogP contribution in [0.15, 0.2) is 54.6 Å². The summed E-state index contributed by atoms with van der Waals surface area (Å²) in [6.45, 7) is 4.34. The van der Waals surface area contributed by atoms with Gasteiger partial charge >= 0.3 is 13.8 Å². The Bertz CT molecular complexity index is 1200. The first-order valence-electron chi connectivity index (χ1n) is 12.3. The third-order valence-electron chi connectivity index (χ3n) is 6.08. The Hall–Kier alpha value is -3.73. The summed E-state index contributed by atoms with van der Waals surface area (Å²) in [4.78, 5) is 68.8. The fourth-order valence-corrected chi connectivity index (χ4v) is 4.47. The average molecular weight is 564 g/mol. The maximum atomic E-state index is 13.3. The molecular weight excluding hydrogens is 529 g/mol. The number of hydrogen-bond acceptors (Lipinski definition) is 6. The zero-order chi connectivity index (χ0) is 29.2. The molecule has 39 heavy (non-hydrogen) atoms. The lowest BCUT2D eigenvalue weighted by Crippen LogP contribution is -2.73. The lowest BCUT2D eigenvalue weighted by Gasteiger charge is -2.36. The number of amides is 3. The number of benzene rings is 2. The van der Waals surface area contributed by atoms with E-state index in [1.54, 1.807) is 6.92 Å². The molecule has 0 saturated heterocycles. The quantitative estimate of drug-likeness (QED) is 0.113. The molecule has 0 fully saturated rings. The molecule has 13 heteroatoms. The topological polar surface area (TPSA) is 191 Å². The highest BCUT2D eigenvalue weighted by molar-refractivity contribution is 7.46. The molecule has 3 unspecified atom stereocenters. The second kappa shape index (κ2) is 13.9. The van der Waals surface area contributed by atoms with Crippen LogP contribution in [-0.2, 0) is 30.2 Å². The minimum absolute atomic E-state index is 0.00244. The van der Waals surface area contributed by atoms with Crippen LogP contribution in [0.25, 0.3) is 0 Å². The van der Waals surface area contributed by atoms with Crippen molar-refractivity contribution in [3.8, 4) is 5.75 Å². The third kappa shape index (κ3) is 8.91. The molecule has 2 aromatic carbocycles. The van der Waals surface area contributed by atoms with Crippen molar-refractivity contribution in [2.75, 3.05) is 6.54 Å². The summed E-state index contributed by atoms with van der Waals surface area (Å²) < 4.78 is 15.5. The predicted molar refractivity (Wildman–Crippen MR) is 142 cm³/mol. The molecule has 0 heterocycles. The summed E-state index contributed by atoms with van der Waals surface area (Å²) in [6, 6.07) is 13.6. The van der Waals surface area contributed by atoms with Crippen LogP contribution in [0.5, 0.6) is 5.75 Å². The Kier molecular flexibility index (Phi) is 11.2. The first-order valence-corrected chi connectivity index (χ1v) is 13.8. The Morgan fingerprint density at radius 1 is 1.03 bits per heavy atom. The Labute approximate surface area is 226 Å². The summed E-state index contributed by atoms with van der Waals surface area (Å²) in [5.41, 5.74) is -0.984. The van der Waals surface area contributed by atoms with Gasteiger partial charge in [0.2, 0.25) is 17.4 Å². The number of aryl methyl sites for hydroxylation is 1. The Balaban J connectivity index is 2.20. The normalized spacial score (nSPS) is 14.3. The smallest absolute Gasteiger partial charge is 0.479 e. The van der Waals surface area contributed by atoms with Crippen LogP contribution in [0.2, 0.25) is 0 Å². The van der Waals surface area contributed by atoms with E-state index < -0.39 is 49.0 Å². The van der Waals surface area contributed by atoms with E-state index in [0.29, 0.717) is 18.4 Å². The van der Waals surface area contributed by atoms with Gasteiger partial charge in [-0.05, 0) is 49.4 Å². The molecule has 6 N–H and O–H groups in total. The van der Waals surface area contributed by atoms with Crippen LogP contribution in [0.1, 0.15) is 50.7 Å². The van der Waals surface area contributed by atoms with Gasteiger partial charge in [0.05, 0.1) is 12.0 Å². The molecule has 3 atom stereocenters. The van der Waals surface area contributed by atoms with Crippen molar-refractivity contribution in [1.29, 1.82) is 0 Å². The van der Waals surface area contributed by atoms with E-state index in [9.17, 15) is 28.8 Å². The van der Waals surface area contributed by atoms with Crippen molar-refractivity contribution in [1.82, 2.24) is 16.0 Å². The largest absolute Gasteiger partial charge is 0.524 e. The lowest BCUT2D eigenvalue weighted by molar-refractivity contribution is -0.155. The minimum atomic E-state index is -4.75. The van der Waals surface area contributed by atoms with Crippen molar-refractivity contribution < 1.29 is 43.2 Å². The van der Waals surface area contributed by atoms with Crippen molar-refractivity contribution in [2.45, 2.75) is 57.5 Å². The number of carbonyl (C=O) groups excluding carboxylic acids is 3. The number of nitrogens with one attached hydrogen (secondary N) is 3. The van der Waals surface area contributed by atoms with Crippen LogP contribution >= 0.6 is 7.82 Å². The van der Waals surface area contributed by atoms with E-state index in [4.69, 9.17) is 9.79 Å². The zero-order valence-corrected chi connectivity index (χ0v) is 22.8.